The van der Waals surface area contributed by atoms with Gasteiger partial charge in [-0.05, 0) is 31.4 Å². The van der Waals surface area contributed by atoms with Crippen molar-refractivity contribution >= 4 is 11.0 Å². The third-order valence-corrected chi connectivity index (χ3v) is 3.36. The zero-order chi connectivity index (χ0) is 14.0. The van der Waals surface area contributed by atoms with Crippen molar-refractivity contribution in [3.63, 3.8) is 0 Å². The van der Waals surface area contributed by atoms with Gasteiger partial charge in [0.2, 0.25) is 0 Å². The van der Waals surface area contributed by atoms with Crippen molar-refractivity contribution in [1.82, 2.24) is 9.55 Å². The lowest BCUT2D eigenvalue weighted by Crippen LogP contribution is -2.18. The van der Waals surface area contributed by atoms with Crippen LogP contribution in [0.25, 0.3) is 11.0 Å². The van der Waals surface area contributed by atoms with E-state index in [1.807, 2.05) is 12.1 Å². The lowest BCUT2D eigenvalue weighted by molar-refractivity contribution is 0.415. The van der Waals surface area contributed by atoms with Gasteiger partial charge >= 0.3 is 0 Å². The normalized spacial score (nSPS) is 13.2. The fourth-order valence-corrected chi connectivity index (χ4v) is 2.48. The third kappa shape index (κ3) is 2.73. The molecule has 1 unspecified atom stereocenters. The highest BCUT2D eigenvalue weighted by molar-refractivity contribution is 5.78. The number of nitrogens with two attached hydrogens (primary N) is 1. The molecule has 0 saturated heterocycles. The first kappa shape index (κ1) is 13.9. The van der Waals surface area contributed by atoms with E-state index in [4.69, 9.17) is 15.5 Å². The summed E-state index contributed by atoms with van der Waals surface area (Å²) in [5, 5.41) is 0. The topological polar surface area (TPSA) is 53.1 Å². The first-order valence-electron chi connectivity index (χ1n) is 6.86. The van der Waals surface area contributed by atoms with E-state index >= 15 is 0 Å². The Morgan fingerprint density at radius 3 is 2.68 bits per heavy atom. The van der Waals surface area contributed by atoms with Crippen molar-refractivity contribution in [2.24, 2.45) is 11.7 Å². The van der Waals surface area contributed by atoms with E-state index in [2.05, 4.69) is 31.4 Å². The van der Waals surface area contributed by atoms with Crippen molar-refractivity contribution in [3.05, 3.63) is 24.0 Å². The monoisotopic (exact) mass is 261 g/mol. The number of aryl methyl sites for hydroxylation is 1. The molecular formula is C15H23N3O. The van der Waals surface area contributed by atoms with Crippen LogP contribution in [0.15, 0.2) is 18.2 Å². The predicted molar refractivity (Wildman–Crippen MR) is 78.3 cm³/mol. The van der Waals surface area contributed by atoms with Crippen LogP contribution in [0.5, 0.6) is 5.75 Å². The van der Waals surface area contributed by atoms with Gasteiger partial charge in [-0.1, -0.05) is 13.8 Å². The molecule has 1 aromatic carbocycles. The van der Waals surface area contributed by atoms with Gasteiger partial charge in [0.05, 0.1) is 24.2 Å². The maximum absolute atomic E-state index is 6.29. The molecule has 0 aliphatic rings. The van der Waals surface area contributed by atoms with Gasteiger partial charge in [0.1, 0.15) is 11.6 Å². The Morgan fingerprint density at radius 2 is 2.11 bits per heavy atom. The number of benzene rings is 1. The lowest BCUT2D eigenvalue weighted by atomic mass is 10.0. The summed E-state index contributed by atoms with van der Waals surface area (Å²) in [6.07, 6.45) is 0.945. The van der Waals surface area contributed by atoms with E-state index in [1.54, 1.807) is 7.11 Å². The predicted octanol–water partition coefficient (Wildman–Crippen LogP) is 3.11. The van der Waals surface area contributed by atoms with Crippen molar-refractivity contribution in [1.29, 1.82) is 0 Å². The van der Waals surface area contributed by atoms with Crippen LogP contribution in [0.4, 0.5) is 0 Å². The second kappa shape index (κ2) is 5.61. The smallest absolute Gasteiger partial charge is 0.126 e. The molecule has 2 rings (SSSR count). The quantitative estimate of drug-likeness (QED) is 0.899. The number of ether oxygens (including phenoxy) is 1. The minimum Gasteiger partial charge on any atom is -0.497 e. The molecule has 4 heteroatoms. The zero-order valence-corrected chi connectivity index (χ0v) is 12.2. The average molecular weight is 261 g/mol. The summed E-state index contributed by atoms with van der Waals surface area (Å²) in [7, 11) is 1.67. The number of nitrogens with zero attached hydrogens (tertiary/aromatic N) is 2. The van der Waals surface area contributed by atoms with Gasteiger partial charge in [-0.2, -0.15) is 0 Å². The molecule has 0 fully saturated rings. The zero-order valence-electron chi connectivity index (χ0n) is 12.2. The maximum Gasteiger partial charge on any atom is 0.126 e. The second-order valence-electron chi connectivity index (χ2n) is 5.30. The van der Waals surface area contributed by atoms with Gasteiger partial charge in [0.25, 0.3) is 0 Å². The molecule has 0 spiro atoms. The summed E-state index contributed by atoms with van der Waals surface area (Å²) in [4.78, 5) is 4.70. The fourth-order valence-electron chi connectivity index (χ4n) is 2.48. The molecule has 0 amide bonds. The Hall–Kier alpha value is -1.55. The molecule has 1 heterocycles. The van der Waals surface area contributed by atoms with E-state index in [0.717, 1.165) is 35.6 Å². The van der Waals surface area contributed by atoms with Crippen molar-refractivity contribution in [3.8, 4) is 5.75 Å². The third-order valence-electron chi connectivity index (χ3n) is 3.36. The van der Waals surface area contributed by atoms with E-state index < -0.39 is 0 Å². The van der Waals surface area contributed by atoms with Crippen LogP contribution in [-0.2, 0) is 6.54 Å². The number of hydrogen-bond donors (Lipinski definition) is 1. The van der Waals surface area contributed by atoms with Crippen LogP contribution in [0, 0.1) is 5.92 Å². The molecule has 0 saturated carbocycles. The highest BCUT2D eigenvalue weighted by Crippen LogP contribution is 2.26. The van der Waals surface area contributed by atoms with E-state index in [1.165, 1.54) is 0 Å². The molecule has 2 N–H and O–H groups in total. The Balaban J connectivity index is 2.48. The van der Waals surface area contributed by atoms with Gasteiger partial charge in [-0.15, -0.1) is 0 Å². The summed E-state index contributed by atoms with van der Waals surface area (Å²) in [5.41, 5.74) is 8.37. The van der Waals surface area contributed by atoms with Crippen molar-refractivity contribution < 1.29 is 4.74 Å². The summed E-state index contributed by atoms with van der Waals surface area (Å²) in [6, 6.07) is 5.97. The van der Waals surface area contributed by atoms with E-state index in [0.29, 0.717) is 5.92 Å². The molecule has 2 aromatic rings. The number of fused-ring (bicyclic) bond motifs is 1. The van der Waals surface area contributed by atoms with Crippen LogP contribution in [-0.4, -0.2) is 16.7 Å². The molecule has 19 heavy (non-hydrogen) atoms. The van der Waals surface area contributed by atoms with Gasteiger partial charge in [0, 0.05) is 12.6 Å². The van der Waals surface area contributed by atoms with E-state index in [-0.39, 0.29) is 6.04 Å². The Labute approximate surface area is 114 Å². The van der Waals surface area contributed by atoms with Gasteiger partial charge in [-0.25, -0.2) is 4.98 Å². The highest BCUT2D eigenvalue weighted by Gasteiger charge is 2.17. The first-order chi connectivity index (χ1) is 9.06. The van der Waals surface area contributed by atoms with E-state index in [9.17, 15) is 0 Å². The number of imidazole rings is 1. The van der Waals surface area contributed by atoms with Crippen LogP contribution >= 0.6 is 0 Å². The van der Waals surface area contributed by atoms with Crippen LogP contribution in [0.3, 0.4) is 0 Å². The summed E-state index contributed by atoms with van der Waals surface area (Å²) in [6.45, 7) is 7.37. The standard InChI is InChI=1S/C15H23N3O/c1-5-18-14-7-6-11(19-4)9-13(14)17-15(18)12(16)8-10(2)3/h6-7,9-10,12H,5,8,16H2,1-4H3. The van der Waals surface area contributed by atoms with Crippen molar-refractivity contribution in [2.45, 2.75) is 39.8 Å². The summed E-state index contributed by atoms with van der Waals surface area (Å²) in [5.74, 6) is 2.37. The Morgan fingerprint density at radius 1 is 1.37 bits per heavy atom. The van der Waals surface area contributed by atoms with Gasteiger partial charge in [-0.3, -0.25) is 0 Å². The molecule has 0 aliphatic carbocycles. The fraction of sp³-hybridized carbons (Fsp3) is 0.533. The summed E-state index contributed by atoms with van der Waals surface area (Å²) >= 11 is 0. The van der Waals surface area contributed by atoms with Crippen LogP contribution in [0.2, 0.25) is 0 Å². The summed E-state index contributed by atoms with van der Waals surface area (Å²) < 4.78 is 7.45. The Bertz CT molecular complexity index is 560. The second-order valence-corrected chi connectivity index (χ2v) is 5.30. The molecule has 4 nitrogen and oxygen atoms in total. The molecule has 1 atom stereocenters. The molecule has 0 bridgehead atoms. The van der Waals surface area contributed by atoms with Crippen molar-refractivity contribution in [2.75, 3.05) is 7.11 Å². The number of aromatic nitrogens is 2. The molecule has 0 radical (unpaired) electrons. The number of rotatable bonds is 5. The van der Waals surface area contributed by atoms with Gasteiger partial charge in [0.15, 0.2) is 0 Å². The highest BCUT2D eigenvalue weighted by atomic mass is 16.5. The number of methoxy groups -OCH3 is 1. The number of hydrogen-bond acceptors (Lipinski definition) is 3. The average Bonchev–Trinajstić information content (AvgIpc) is 2.75. The largest absolute Gasteiger partial charge is 0.497 e. The molecule has 1 aromatic heterocycles. The SMILES string of the molecule is CCn1c(C(N)CC(C)C)nc2cc(OC)ccc21. The van der Waals surface area contributed by atoms with Crippen LogP contribution < -0.4 is 10.5 Å². The minimum absolute atomic E-state index is 0.0154. The molecule has 104 valence electrons. The molecule has 0 aliphatic heterocycles. The Kier molecular flexibility index (Phi) is 4.10. The van der Waals surface area contributed by atoms with Crippen LogP contribution in [0.1, 0.15) is 39.1 Å². The minimum atomic E-state index is -0.0154. The van der Waals surface area contributed by atoms with Gasteiger partial charge < -0.3 is 15.0 Å². The lowest BCUT2D eigenvalue weighted by Gasteiger charge is -2.15. The maximum atomic E-state index is 6.29. The molecular weight excluding hydrogens is 238 g/mol. The first-order valence-corrected chi connectivity index (χ1v) is 6.86.